The molecule has 1 saturated heterocycles. The molecule has 2 atom stereocenters. The molecule has 1 aliphatic rings. The lowest BCUT2D eigenvalue weighted by Gasteiger charge is -2.22. The molecule has 0 bridgehead atoms. The van der Waals surface area contributed by atoms with Gasteiger partial charge in [-0.1, -0.05) is 35.3 Å². The summed E-state index contributed by atoms with van der Waals surface area (Å²) in [7, 11) is 0. The summed E-state index contributed by atoms with van der Waals surface area (Å²) in [5.74, 6) is 0.848. The zero-order chi connectivity index (χ0) is 17.1. The lowest BCUT2D eigenvalue weighted by molar-refractivity contribution is -0.129. The van der Waals surface area contributed by atoms with Gasteiger partial charge >= 0.3 is 0 Å². The van der Waals surface area contributed by atoms with E-state index in [-0.39, 0.29) is 16.5 Å². The van der Waals surface area contributed by atoms with Gasteiger partial charge in [0.05, 0.1) is 5.25 Å². The molecule has 24 heavy (non-hydrogen) atoms. The molecule has 2 aromatic carbocycles. The van der Waals surface area contributed by atoms with E-state index in [1.54, 1.807) is 30.8 Å². The van der Waals surface area contributed by atoms with Crippen LogP contribution < -0.4 is 4.74 Å². The van der Waals surface area contributed by atoms with Crippen LogP contribution in [0.1, 0.15) is 17.9 Å². The molecule has 1 aliphatic heterocycles. The van der Waals surface area contributed by atoms with Crippen LogP contribution in [0.3, 0.4) is 0 Å². The summed E-state index contributed by atoms with van der Waals surface area (Å²) in [6.45, 7) is 2.81. The van der Waals surface area contributed by atoms with Crippen LogP contribution in [0.15, 0.2) is 48.5 Å². The lowest BCUT2D eigenvalue weighted by atomic mass is 10.2. The molecule has 0 saturated carbocycles. The maximum Gasteiger partial charge on any atom is 0.220 e. The van der Waals surface area contributed by atoms with Gasteiger partial charge in [0.2, 0.25) is 5.91 Å². The Kier molecular flexibility index (Phi) is 5.59. The van der Waals surface area contributed by atoms with Crippen molar-refractivity contribution < 1.29 is 9.53 Å². The number of thioether (sulfide) groups is 1. The third-order valence-electron chi connectivity index (χ3n) is 3.81. The molecule has 0 spiro atoms. The fourth-order valence-electron chi connectivity index (χ4n) is 2.61. The van der Waals surface area contributed by atoms with Crippen LogP contribution >= 0.6 is 35.0 Å². The van der Waals surface area contributed by atoms with Crippen LogP contribution in [0.25, 0.3) is 0 Å². The minimum absolute atomic E-state index is 0.00131. The predicted octanol–water partition coefficient (Wildman–Crippen LogP) is 5.03. The molecule has 126 valence electrons. The molecule has 1 amide bonds. The summed E-state index contributed by atoms with van der Waals surface area (Å²) in [6, 6.07) is 15.0. The average Bonchev–Trinajstić information content (AvgIpc) is 3.00. The maximum absolute atomic E-state index is 12.0. The van der Waals surface area contributed by atoms with Gasteiger partial charge in [-0.15, -0.1) is 11.8 Å². The second-order valence-electron chi connectivity index (χ2n) is 5.60. The van der Waals surface area contributed by atoms with E-state index in [2.05, 4.69) is 0 Å². The van der Waals surface area contributed by atoms with E-state index in [1.165, 1.54) is 0 Å². The van der Waals surface area contributed by atoms with Crippen LogP contribution in [0, 0.1) is 0 Å². The van der Waals surface area contributed by atoms with Crippen molar-refractivity contribution in [2.45, 2.75) is 17.5 Å². The Morgan fingerprint density at radius 1 is 1.12 bits per heavy atom. The van der Waals surface area contributed by atoms with Gasteiger partial charge in [0, 0.05) is 23.5 Å². The smallest absolute Gasteiger partial charge is 0.220 e. The van der Waals surface area contributed by atoms with Crippen LogP contribution in [0.5, 0.6) is 5.75 Å². The molecule has 0 radical (unpaired) electrons. The average molecular weight is 382 g/mol. The van der Waals surface area contributed by atoms with E-state index in [9.17, 15) is 4.79 Å². The van der Waals surface area contributed by atoms with Crippen LogP contribution in [0.2, 0.25) is 10.0 Å². The molecule has 0 aromatic heterocycles. The van der Waals surface area contributed by atoms with Crippen LogP contribution in [-0.2, 0) is 4.79 Å². The van der Waals surface area contributed by atoms with Crippen LogP contribution in [-0.4, -0.2) is 29.2 Å². The monoisotopic (exact) mass is 381 g/mol. The number of halogens is 2. The number of ether oxygens (including phenoxy) is 1. The van der Waals surface area contributed by atoms with Crippen molar-refractivity contribution in [3.63, 3.8) is 0 Å². The van der Waals surface area contributed by atoms with Gasteiger partial charge < -0.3 is 9.64 Å². The Bertz CT molecular complexity index is 706. The first-order valence-corrected chi connectivity index (χ1v) is 9.29. The highest BCUT2D eigenvalue weighted by Gasteiger charge is 2.35. The highest BCUT2D eigenvalue weighted by atomic mass is 35.5. The number of amides is 1. The number of benzene rings is 2. The Morgan fingerprint density at radius 2 is 1.71 bits per heavy atom. The second-order valence-corrected chi connectivity index (χ2v) is 7.86. The molecule has 6 heteroatoms. The first kappa shape index (κ1) is 17.5. The van der Waals surface area contributed by atoms with Gasteiger partial charge in [-0.25, -0.2) is 0 Å². The summed E-state index contributed by atoms with van der Waals surface area (Å²) < 4.78 is 5.84. The number of rotatable bonds is 4. The summed E-state index contributed by atoms with van der Waals surface area (Å²) in [5, 5.41) is 1.59. The number of nitrogens with zero attached hydrogens (tertiary/aromatic N) is 1. The zero-order valence-electron chi connectivity index (χ0n) is 13.1. The molecular weight excluding hydrogens is 365 g/mol. The molecular formula is C18H17Cl2NO2S. The Hall–Kier alpha value is -1.36. The number of hydrogen-bond acceptors (Lipinski definition) is 3. The van der Waals surface area contributed by atoms with Crippen molar-refractivity contribution in [2.24, 2.45) is 0 Å². The molecule has 0 unspecified atom stereocenters. The molecule has 3 nitrogen and oxygen atoms in total. The van der Waals surface area contributed by atoms with Gasteiger partial charge in [-0.3, -0.25) is 4.79 Å². The first-order valence-electron chi connectivity index (χ1n) is 7.59. The fraction of sp³-hybridized carbons (Fsp3) is 0.278. The molecule has 0 N–H and O–H groups in total. The third-order valence-corrected chi connectivity index (χ3v) is 5.77. The maximum atomic E-state index is 12.0. The fourth-order valence-corrected chi connectivity index (χ4v) is 4.31. The number of hydrogen-bond donors (Lipinski definition) is 0. The number of carbonyl (C=O) groups is 1. The predicted molar refractivity (Wildman–Crippen MR) is 99.9 cm³/mol. The normalized spacial score (nSPS) is 20.2. The Balaban J connectivity index is 1.67. The van der Waals surface area contributed by atoms with Crippen molar-refractivity contribution in [1.29, 1.82) is 0 Å². The summed E-state index contributed by atoms with van der Waals surface area (Å²) in [5.41, 5.74) is 1.08. The summed E-state index contributed by atoms with van der Waals surface area (Å²) in [4.78, 5) is 13.9. The standard InChI is InChI=1S/C18H17Cl2NO2S/c1-12(22)21-10-17(11-23-16-8-6-15(20)7-9-16)24-18(21)13-2-4-14(19)5-3-13/h2-9,17-18H,10-11H2,1H3/t17-,18+/m0/s1. The van der Waals surface area contributed by atoms with Crippen molar-refractivity contribution in [2.75, 3.05) is 13.2 Å². The van der Waals surface area contributed by atoms with E-state index < -0.39 is 0 Å². The van der Waals surface area contributed by atoms with Gasteiger partial charge in [0.1, 0.15) is 17.7 Å². The van der Waals surface area contributed by atoms with Gasteiger partial charge in [0.25, 0.3) is 0 Å². The highest BCUT2D eigenvalue weighted by molar-refractivity contribution is 8.00. The van der Waals surface area contributed by atoms with Crippen molar-refractivity contribution in [3.8, 4) is 5.75 Å². The minimum Gasteiger partial charge on any atom is -0.492 e. The highest BCUT2D eigenvalue weighted by Crippen LogP contribution is 2.42. The van der Waals surface area contributed by atoms with E-state index in [4.69, 9.17) is 27.9 Å². The molecule has 0 aliphatic carbocycles. The lowest BCUT2D eigenvalue weighted by Crippen LogP contribution is -2.30. The topological polar surface area (TPSA) is 29.5 Å². The van der Waals surface area contributed by atoms with Crippen molar-refractivity contribution in [1.82, 2.24) is 4.90 Å². The van der Waals surface area contributed by atoms with Gasteiger partial charge in [-0.05, 0) is 42.0 Å². The van der Waals surface area contributed by atoms with Gasteiger partial charge in [-0.2, -0.15) is 0 Å². The largest absolute Gasteiger partial charge is 0.492 e. The number of carbonyl (C=O) groups excluding carboxylic acids is 1. The summed E-state index contributed by atoms with van der Waals surface area (Å²) >= 11 is 13.6. The second kappa shape index (κ2) is 7.68. The third kappa shape index (κ3) is 4.18. The van der Waals surface area contributed by atoms with Gasteiger partial charge in [0.15, 0.2) is 0 Å². The van der Waals surface area contributed by atoms with E-state index in [0.29, 0.717) is 23.2 Å². The van der Waals surface area contributed by atoms with E-state index in [0.717, 1.165) is 11.3 Å². The Labute approximate surface area is 155 Å². The minimum atomic E-state index is -0.00131. The van der Waals surface area contributed by atoms with Crippen molar-refractivity contribution >= 4 is 40.9 Å². The zero-order valence-corrected chi connectivity index (χ0v) is 15.4. The quantitative estimate of drug-likeness (QED) is 0.743. The molecule has 1 heterocycles. The van der Waals surface area contributed by atoms with Crippen molar-refractivity contribution in [3.05, 3.63) is 64.1 Å². The Morgan fingerprint density at radius 3 is 2.29 bits per heavy atom. The SMILES string of the molecule is CC(=O)N1C[C@@H](COc2ccc(Cl)cc2)S[C@@H]1c1ccc(Cl)cc1. The first-order chi connectivity index (χ1) is 11.5. The molecule has 1 fully saturated rings. The molecule has 3 rings (SSSR count). The van der Waals surface area contributed by atoms with Crippen LogP contribution in [0.4, 0.5) is 0 Å². The van der Waals surface area contributed by atoms with E-state index >= 15 is 0 Å². The van der Waals surface area contributed by atoms with E-state index in [1.807, 2.05) is 41.3 Å². The summed E-state index contributed by atoms with van der Waals surface area (Å²) in [6.07, 6.45) is 0. The molecule has 2 aromatic rings.